The van der Waals surface area contributed by atoms with Crippen molar-refractivity contribution in [2.24, 2.45) is 0 Å². The van der Waals surface area contributed by atoms with Gasteiger partial charge in [0.2, 0.25) is 11.8 Å². The Labute approximate surface area is 214 Å². The molecule has 3 heterocycles. The van der Waals surface area contributed by atoms with Gasteiger partial charge in [-0.1, -0.05) is 60.7 Å². The van der Waals surface area contributed by atoms with Gasteiger partial charge in [0.05, 0.1) is 6.04 Å². The molecule has 2 saturated heterocycles. The fourth-order valence-electron chi connectivity index (χ4n) is 5.46. The summed E-state index contributed by atoms with van der Waals surface area (Å²) in [4.78, 5) is 42.0. The molecule has 6 rings (SSSR count). The molecule has 1 atom stereocenters. The van der Waals surface area contributed by atoms with E-state index in [0.29, 0.717) is 23.8 Å². The molecule has 0 radical (unpaired) electrons. The highest BCUT2D eigenvalue weighted by atomic mass is 32.2. The number of imide groups is 1. The van der Waals surface area contributed by atoms with Gasteiger partial charge in [-0.25, -0.2) is 0 Å². The number of thioether (sulfide) groups is 1. The molecule has 0 saturated carbocycles. The number of nitrogens with zero attached hydrogens (tertiary/aromatic N) is 2. The lowest BCUT2D eigenvalue weighted by Crippen LogP contribution is -2.52. The Hall–Kier alpha value is -3.42. The third-order valence-corrected chi connectivity index (χ3v) is 8.43. The van der Waals surface area contributed by atoms with Crippen LogP contribution in [-0.4, -0.2) is 51.9 Å². The van der Waals surface area contributed by atoms with Gasteiger partial charge in [0.1, 0.15) is 6.04 Å². The molecule has 6 nitrogen and oxygen atoms in total. The summed E-state index contributed by atoms with van der Waals surface area (Å²) in [6, 6.07) is 27.0. The van der Waals surface area contributed by atoms with Crippen molar-refractivity contribution in [3.8, 4) is 0 Å². The quantitative estimate of drug-likeness (QED) is 0.521. The molecule has 0 aromatic heterocycles. The van der Waals surface area contributed by atoms with Crippen molar-refractivity contribution in [2.45, 2.75) is 41.6 Å². The van der Waals surface area contributed by atoms with Crippen LogP contribution in [0, 0.1) is 0 Å². The van der Waals surface area contributed by atoms with Gasteiger partial charge < -0.3 is 4.90 Å². The Morgan fingerprint density at radius 1 is 0.861 bits per heavy atom. The zero-order valence-corrected chi connectivity index (χ0v) is 20.6. The molecule has 0 spiro atoms. The van der Waals surface area contributed by atoms with Crippen molar-refractivity contribution >= 4 is 29.5 Å². The molecular formula is C29H27N3O3S. The van der Waals surface area contributed by atoms with Gasteiger partial charge in [0.25, 0.3) is 5.91 Å². The molecule has 182 valence electrons. The molecular weight excluding hydrogens is 470 g/mol. The maximum atomic E-state index is 13.0. The summed E-state index contributed by atoms with van der Waals surface area (Å²) in [6.07, 6.45) is 0.649. The number of amides is 3. The van der Waals surface area contributed by atoms with E-state index in [2.05, 4.69) is 76.9 Å². The van der Waals surface area contributed by atoms with E-state index in [0.717, 1.165) is 23.5 Å². The second kappa shape index (κ2) is 9.56. The van der Waals surface area contributed by atoms with Crippen LogP contribution in [0.5, 0.6) is 0 Å². The van der Waals surface area contributed by atoms with Crippen LogP contribution in [0.1, 0.15) is 45.9 Å². The topological polar surface area (TPSA) is 69.7 Å². The summed E-state index contributed by atoms with van der Waals surface area (Å²) >= 11 is 1.85. The lowest BCUT2D eigenvalue weighted by molar-refractivity contribution is -0.136. The van der Waals surface area contributed by atoms with Crippen LogP contribution in [0.15, 0.2) is 83.8 Å². The Morgan fingerprint density at radius 3 is 2.17 bits per heavy atom. The zero-order valence-electron chi connectivity index (χ0n) is 19.8. The van der Waals surface area contributed by atoms with Gasteiger partial charge in [-0.05, 0) is 41.3 Å². The first-order chi connectivity index (χ1) is 17.6. The summed E-state index contributed by atoms with van der Waals surface area (Å²) in [5.41, 5.74) is 4.22. The lowest BCUT2D eigenvalue weighted by atomic mass is 9.94. The Kier molecular flexibility index (Phi) is 6.11. The number of carbonyl (C=O) groups excluding carboxylic acids is 3. The van der Waals surface area contributed by atoms with Crippen molar-refractivity contribution in [3.05, 3.63) is 101 Å². The monoisotopic (exact) mass is 497 g/mol. The fraction of sp³-hybridized carbons (Fsp3) is 0.276. The minimum Gasteiger partial charge on any atom is -0.322 e. The third kappa shape index (κ3) is 4.33. The number of hydrogen-bond acceptors (Lipinski definition) is 5. The number of piperidine rings is 1. The average Bonchev–Trinajstić information content (AvgIpc) is 3.19. The normalized spacial score (nSPS) is 20.4. The highest BCUT2D eigenvalue weighted by Gasteiger charge is 2.39. The number of likely N-dealkylation sites (tertiary alicyclic amines) is 1. The number of rotatable bonds is 6. The van der Waals surface area contributed by atoms with Crippen LogP contribution in [0.3, 0.4) is 0 Å². The molecule has 1 unspecified atom stereocenters. The molecule has 36 heavy (non-hydrogen) atoms. The molecule has 0 bridgehead atoms. The highest BCUT2D eigenvalue weighted by Crippen LogP contribution is 2.39. The van der Waals surface area contributed by atoms with Gasteiger partial charge in [-0.15, -0.1) is 11.8 Å². The summed E-state index contributed by atoms with van der Waals surface area (Å²) in [7, 11) is 0. The smallest absolute Gasteiger partial charge is 0.255 e. The fourth-order valence-corrected chi connectivity index (χ4v) is 6.73. The standard InChI is InChI=1S/C29H27N3O3S/c33-26-14-13-25(28(34)30-26)32-16-21-15-22(11-12-24(21)29(32)35)36-23-17-31(18-23)27(19-7-3-1-4-8-19)20-9-5-2-6-10-20/h1-12,15,23,25,27H,13-14,16-18H2,(H,30,33,34). The van der Waals surface area contributed by atoms with E-state index in [1.807, 2.05) is 23.9 Å². The molecule has 1 N–H and O–H groups in total. The number of carbonyl (C=O) groups is 3. The highest BCUT2D eigenvalue weighted by molar-refractivity contribution is 8.00. The predicted octanol–water partition coefficient (Wildman–Crippen LogP) is 4.01. The van der Waals surface area contributed by atoms with Gasteiger partial charge in [-0.2, -0.15) is 0 Å². The average molecular weight is 498 g/mol. The Morgan fingerprint density at radius 2 is 1.53 bits per heavy atom. The van der Waals surface area contributed by atoms with E-state index in [1.54, 1.807) is 4.90 Å². The molecule has 3 amide bonds. The summed E-state index contributed by atoms with van der Waals surface area (Å²) < 4.78 is 0. The molecule has 3 aliphatic heterocycles. The van der Waals surface area contributed by atoms with E-state index in [1.165, 1.54) is 11.1 Å². The molecule has 0 aliphatic carbocycles. The minimum absolute atomic E-state index is 0.126. The van der Waals surface area contributed by atoms with E-state index in [4.69, 9.17) is 0 Å². The molecule has 3 aromatic carbocycles. The van der Waals surface area contributed by atoms with Crippen molar-refractivity contribution in [1.82, 2.24) is 15.1 Å². The molecule has 7 heteroatoms. The summed E-state index contributed by atoms with van der Waals surface area (Å²) in [5, 5.41) is 2.84. The first kappa shape index (κ1) is 23.0. The van der Waals surface area contributed by atoms with Crippen LogP contribution >= 0.6 is 11.8 Å². The number of nitrogens with one attached hydrogen (secondary N) is 1. The van der Waals surface area contributed by atoms with E-state index < -0.39 is 6.04 Å². The second-order valence-electron chi connectivity index (χ2n) is 9.64. The van der Waals surface area contributed by atoms with Crippen molar-refractivity contribution in [2.75, 3.05) is 13.1 Å². The van der Waals surface area contributed by atoms with Crippen LogP contribution in [0.25, 0.3) is 0 Å². The number of fused-ring (bicyclic) bond motifs is 1. The van der Waals surface area contributed by atoms with Gasteiger partial charge in [0, 0.05) is 41.8 Å². The number of hydrogen-bond donors (Lipinski definition) is 1. The van der Waals surface area contributed by atoms with Crippen LogP contribution in [0.4, 0.5) is 0 Å². The van der Waals surface area contributed by atoms with Crippen molar-refractivity contribution in [3.63, 3.8) is 0 Å². The maximum absolute atomic E-state index is 13.0. The van der Waals surface area contributed by atoms with E-state index >= 15 is 0 Å². The van der Waals surface area contributed by atoms with Crippen LogP contribution in [-0.2, 0) is 16.1 Å². The maximum Gasteiger partial charge on any atom is 0.255 e. The molecule has 2 fully saturated rings. The Bertz CT molecular complexity index is 1270. The zero-order chi connectivity index (χ0) is 24.6. The SMILES string of the molecule is O=C1CCC(N2Cc3cc(SC4CN(C(c5ccccc5)c5ccccc5)C4)ccc3C2=O)C(=O)N1. The van der Waals surface area contributed by atoms with Crippen molar-refractivity contribution in [1.29, 1.82) is 0 Å². The second-order valence-corrected chi connectivity index (χ2v) is 11.0. The number of benzene rings is 3. The van der Waals surface area contributed by atoms with Gasteiger partial charge >= 0.3 is 0 Å². The largest absolute Gasteiger partial charge is 0.322 e. The van der Waals surface area contributed by atoms with Gasteiger partial charge in [-0.3, -0.25) is 24.6 Å². The first-order valence-corrected chi connectivity index (χ1v) is 13.2. The van der Waals surface area contributed by atoms with Crippen molar-refractivity contribution < 1.29 is 14.4 Å². The van der Waals surface area contributed by atoms with E-state index in [9.17, 15) is 14.4 Å². The molecule has 3 aromatic rings. The van der Waals surface area contributed by atoms with E-state index in [-0.39, 0.29) is 30.2 Å². The van der Waals surface area contributed by atoms with Crippen LogP contribution in [0.2, 0.25) is 0 Å². The molecule has 3 aliphatic rings. The first-order valence-electron chi connectivity index (χ1n) is 12.3. The third-order valence-electron chi connectivity index (χ3n) is 7.27. The lowest BCUT2D eigenvalue weighted by Gasteiger charge is -2.44. The predicted molar refractivity (Wildman–Crippen MR) is 138 cm³/mol. The minimum atomic E-state index is -0.577. The summed E-state index contributed by atoms with van der Waals surface area (Å²) in [6.45, 7) is 2.38. The summed E-state index contributed by atoms with van der Waals surface area (Å²) in [5.74, 6) is -0.766. The van der Waals surface area contributed by atoms with Crippen LogP contribution < -0.4 is 5.32 Å². The van der Waals surface area contributed by atoms with Gasteiger partial charge in [0.15, 0.2) is 0 Å². The Balaban J connectivity index is 1.12.